The van der Waals surface area contributed by atoms with E-state index in [1.54, 1.807) is 7.05 Å². The van der Waals surface area contributed by atoms with Crippen LogP contribution in [-0.2, 0) is 9.59 Å². The molecule has 0 aliphatic heterocycles. The van der Waals surface area contributed by atoms with Crippen LogP contribution in [0.15, 0.2) is 0 Å². The normalized spacial score (nSPS) is 43.7. The summed E-state index contributed by atoms with van der Waals surface area (Å²) in [6, 6.07) is 0. The maximum absolute atomic E-state index is 12.5. The van der Waals surface area contributed by atoms with Crippen molar-refractivity contribution in [3.05, 3.63) is 0 Å². The van der Waals surface area contributed by atoms with Gasteiger partial charge in [-0.3, -0.25) is 9.59 Å². The molecule has 0 radical (unpaired) electrons. The lowest BCUT2D eigenvalue weighted by atomic mass is 9.49. The molecule has 4 bridgehead atoms. The van der Waals surface area contributed by atoms with Crippen LogP contribution in [0.4, 0.5) is 0 Å². The first-order valence-corrected chi connectivity index (χ1v) is 8.96. The molecule has 22 heavy (non-hydrogen) atoms. The molecular weight excluding hydrogens is 300 g/mol. The molecule has 0 spiro atoms. The fourth-order valence-corrected chi connectivity index (χ4v) is 6.62. The lowest BCUT2D eigenvalue weighted by molar-refractivity contribution is -0.138. The van der Waals surface area contributed by atoms with Crippen LogP contribution in [0.1, 0.15) is 51.4 Å². The highest BCUT2D eigenvalue weighted by molar-refractivity contribution is 6.24. The summed E-state index contributed by atoms with van der Waals surface area (Å²) in [6.07, 6.45) is 8.42. The van der Waals surface area contributed by atoms with Gasteiger partial charge in [0.25, 0.3) is 0 Å². The molecule has 5 heteroatoms. The number of hydrogen-bond donors (Lipinski definition) is 2. The Kier molecular flexibility index (Phi) is 3.11. The standard InChI is InChI=1S/C17H25ClN2O2/c1-19-13(21)17(2-3-17)14(22)20-10-15-5-11-4-12(6-15)8-16(18,7-11)9-15/h11-12H,2-10H2,1H3,(H,19,21)(H,20,22). The maximum atomic E-state index is 12.5. The van der Waals surface area contributed by atoms with Crippen molar-refractivity contribution in [3.8, 4) is 0 Å². The van der Waals surface area contributed by atoms with Crippen molar-refractivity contribution < 1.29 is 9.59 Å². The van der Waals surface area contributed by atoms with Crippen molar-refractivity contribution in [3.63, 3.8) is 0 Å². The average molecular weight is 325 g/mol. The summed E-state index contributed by atoms with van der Waals surface area (Å²) < 4.78 is 0. The zero-order valence-electron chi connectivity index (χ0n) is 13.2. The molecule has 2 amide bonds. The molecule has 0 aromatic heterocycles. The van der Waals surface area contributed by atoms with E-state index in [4.69, 9.17) is 11.6 Å². The summed E-state index contributed by atoms with van der Waals surface area (Å²) in [5.41, 5.74) is -0.601. The highest BCUT2D eigenvalue weighted by Gasteiger charge is 2.59. The van der Waals surface area contributed by atoms with Crippen LogP contribution in [0.3, 0.4) is 0 Å². The highest BCUT2D eigenvalue weighted by Crippen LogP contribution is 2.63. The van der Waals surface area contributed by atoms with E-state index in [2.05, 4.69) is 10.6 Å². The summed E-state index contributed by atoms with van der Waals surface area (Å²) in [6.45, 7) is 0.700. The van der Waals surface area contributed by atoms with Gasteiger partial charge in [-0.25, -0.2) is 0 Å². The van der Waals surface area contributed by atoms with Crippen molar-refractivity contribution in [1.82, 2.24) is 10.6 Å². The van der Waals surface area contributed by atoms with E-state index in [-0.39, 0.29) is 22.1 Å². The SMILES string of the molecule is CNC(=O)C1(C(=O)NCC23CC4CC(CC(Cl)(C4)C2)C3)CC1. The Morgan fingerprint density at radius 2 is 1.73 bits per heavy atom. The van der Waals surface area contributed by atoms with Gasteiger partial charge in [-0.05, 0) is 68.6 Å². The van der Waals surface area contributed by atoms with Crippen LogP contribution in [-0.4, -0.2) is 30.3 Å². The summed E-state index contributed by atoms with van der Waals surface area (Å²) >= 11 is 6.83. The molecule has 0 aromatic rings. The van der Waals surface area contributed by atoms with Crippen LogP contribution in [0.25, 0.3) is 0 Å². The van der Waals surface area contributed by atoms with E-state index in [0.717, 1.165) is 31.1 Å². The molecule has 5 aliphatic carbocycles. The first-order chi connectivity index (χ1) is 10.4. The Bertz CT molecular complexity index is 515. The fourth-order valence-electron chi connectivity index (χ4n) is 5.90. The fraction of sp³-hybridized carbons (Fsp3) is 0.882. The summed E-state index contributed by atoms with van der Waals surface area (Å²) in [5.74, 6) is 1.27. The van der Waals surface area contributed by atoms with Gasteiger partial charge in [0.15, 0.2) is 0 Å². The zero-order chi connectivity index (χ0) is 15.6. The van der Waals surface area contributed by atoms with Crippen molar-refractivity contribution in [1.29, 1.82) is 0 Å². The van der Waals surface area contributed by atoms with E-state index in [1.165, 1.54) is 19.3 Å². The Hall–Kier alpha value is -0.770. The lowest BCUT2D eigenvalue weighted by Gasteiger charge is -2.60. The number of halogens is 1. The van der Waals surface area contributed by atoms with Crippen LogP contribution >= 0.6 is 11.6 Å². The number of nitrogens with one attached hydrogen (secondary N) is 2. The number of alkyl halides is 1. The first kappa shape index (κ1) is 14.8. The monoisotopic (exact) mass is 324 g/mol. The van der Waals surface area contributed by atoms with Gasteiger partial charge in [-0.2, -0.15) is 0 Å². The minimum atomic E-state index is -0.782. The van der Waals surface area contributed by atoms with Crippen LogP contribution in [0.2, 0.25) is 0 Å². The minimum absolute atomic E-state index is 0.0210. The molecule has 2 N–H and O–H groups in total. The number of carbonyl (C=O) groups excluding carboxylic acids is 2. The van der Waals surface area contributed by atoms with Gasteiger partial charge < -0.3 is 10.6 Å². The number of carbonyl (C=O) groups is 2. The summed E-state index contributed by atoms with van der Waals surface area (Å²) in [4.78, 5) is 24.4. The molecule has 2 unspecified atom stereocenters. The van der Waals surface area contributed by atoms with Gasteiger partial charge in [-0.1, -0.05) is 0 Å². The molecule has 5 fully saturated rings. The maximum Gasteiger partial charge on any atom is 0.235 e. The van der Waals surface area contributed by atoms with Crippen LogP contribution < -0.4 is 10.6 Å². The molecule has 5 aliphatic rings. The molecule has 5 saturated carbocycles. The van der Waals surface area contributed by atoms with Gasteiger partial charge in [0.05, 0.1) is 0 Å². The van der Waals surface area contributed by atoms with Crippen molar-refractivity contribution in [2.24, 2.45) is 22.7 Å². The van der Waals surface area contributed by atoms with E-state index in [0.29, 0.717) is 19.4 Å². The van der Waals surface area contributed by atoms with Crippen LogP contribution in [0.5, 0.6) is 0 Å². The highest BCUT2D eigenvalue weighted by atomic mass is 35.5. The van der Waals surface area contributed by atoms with E-state index in [9.17, 15) is 9.59 Å². The number of amides is 2. The summed E-state index contributed by atoms with van der Waals surface area (Å²) in [5, 5.41) is 5.74. The second-order valence-corrected chi connectivity index (χ2v) is 9.26. The van der Waals surface area contributed by atoms with E-state index < -0.39 is 5.41 Å². The second-order valence-electron chi connectivity index (χ2n) is 8.46. The molecule has 5 rings (SSSR count). The third-order valence-corrected chi connectivity index (χ3v) is 7.02. The molecule has 0 saturated heterocycles. The topological polar surface area (TPSA) is 58.2 Å². The molecule has 2 atom stereocenters. The van der Waals surface area contributed by atoms with Crippen molar-refractivity contribution in [2.45, 2.75) is 56.2 Å². The molecule has 4 nitrogen and oxygen atoms in total. The molecule has 0 aromatic carbocycles. The third kappa shape index (κ3) is 2.17. The number of hydrogen-bond acceptors (Lipinski definition) is 2. The van der Waals surface area contributed by atoms with Gasteiger partial charge >= 0.3 is 0 Å². The van der Waals surface area contributed by atoms with Gasteiger partial charge in [0, 0.05) is 18.5 Å². The van der Waals surface area contributed by atoms with E-state index >= 15 is 0 Å². The van der Waals surface area contributed by atoms with Crippen molar-refractivity contribution >= 4 is 23.4 Å². The van der Waals surface area contributed by atoms with E-state index in [1.807, 2.05) is 0 Å². The Balaban J connectivity index is 1.44. The Labute approximate surface area is 136 Å². The largest absolute Gasteiger partial charge is 0.358 e. The number of rotatable bonds is 4. The Morgan fingerprint density at radius 3 is 2.23 bits per heavy atom. The Morgan fingerprint density at radius 1 is 1.09 bits per heavy atom. The predicted molar refractivity (Wildman–Crippen MR) is 84.4 cm³/mol. The third-order valence-electron chi connectivity index (χ3n) is 6.58. The first-order valence-electron chi connectivity index (χ1n) is 8.58. The van der Waals surface area contributed by atoms with Gasteiger partial charge in [-0.15, -0.1) is 11.6 Å². The molecule has 122 valence electrons. The van der Waals surface area contributed by atoms with Gasteiger partial charge in [0.2, 0.25) is 11.8 Å². The predicted octanol–water partition coefficient (Wildman–Crippen LogP) is 2.21. The average Bonchev–Trinajstić information content (AvgIpc) is 3.23. The zero-order valence-corrected chi connectivity index (χ0v) is 14.0. The molecule has 0 heterocycles. The summed E-state index contributed by atoms with van der Waals surface area (Å²) in [7, 11) is 1.60. The second kappa shape index (κ2) is 4.62. The lowest BCUT2D eigenvalue weighted by Crippen LogP contribution is -2.57. The minimum Gasteiger partial charge on any atom is -0.358 e. The van der Waals surface area contributed by atoms with Crippen molar-refractivity contribution in [2.75, 3.05) is 13.6 Å². The van der Waals surface area contributed by atoms with Gasteiger partial charge in [0.1, 0.15) is 5.41 Å². The smallest absolute Gasteiger partial charge is 0.235 e. The molecular formula is C17H25ClN2O2. The van der Waals surface area contributed by atoms with Crippen LogP contribution in [0, 0.1) is 22.7 Å². The quantitative estimate of drug-likeness (QED) is 0.615.